The molecule has 2 aromatic rings. The minimum Gasteiger partial charge on any atom is -0.483 e. The lowest BCUT2D eigenvalue weighted by Crippen LogP contribution is -2.61. The van der Waals surface area contributed by atoms with Gasteiger partial charge in [0.2, 0.25) is 21.8 Å². The fraction of sp³-hybridized carbons (Fsp3) is 0.590. The monoisotopic (exact) mass is 801 g/mol. The number of rotatable bonds is 4. The van der Waals surface area contributed by atoms with Crippen LogP contribution in [-0.2, 0) is 41.7 Å². The Bertz CT molecular complexity index is 2120. The highest BCUT2D eigenvalue weighted by atomic mass is 32.2. The summed E-state index contributed by atoms with van der Waals surface area (Å²) >= 11 is 0. The molecule has 1 aromatic carbocycles. The zero-order valence-electron chi connectivity index (χ0n) is 31.6. The maximum Gasteiger partial charge on any atom is 0.433 e. The Morgan fingerprint density at radius 2 is 1.96 bits per heavy atom. The van der Waals surface area contributed by atoms with Crippen molar-refractivity contribution < 1.29 is 50.2 Å². The average Bonchev–Trinajstić information content (AvgIpc) is 3.71. The number of hydrogen-bond donors (Lipinski definition) is 1. The van der Waals surface area contributed by atoms with E-state index in [0.717, 1.165) is 23.2 Å². The fourth-order valence-corrected chi connectivity index (χ4v) is 9.46. The summed E-state index contributed by atoms with van der Waals surface area (Å²) in [6, 6.07) is 2.69. The summed E-state index contributed by atoms with van der Waals surface area (Å²) in [5, 5.41) is 3.18. The third-order valence-electron chi connectivity index (χ3n) is 11.5. The summed E-state index contributed by atoms with van der Waals surface area (Å²) in [6.45, 7) is 5.36. The molecular weight excluding hydrogens is 756 g/mol. The predicted molar refractivity (Wildman–Crippen MR) is 198 cm³/mol. The number of sulfonamides is 1. The first-order chi connectivity index (χ1) is 26.4. The number of para-hydroxylation sites is 1. The molecule has 1 saturated carbocycles. The van der Waals surface area contributed by atoms with Gasteiger partial charge in [0, 0.05) is 29.5 Å². The lowest BCUT2D eigenvalue weighted by atomic mass is 9.86. The SMILES string of the molecule is Cc1nc2c(C(F)(F)F)cccc2c2c1O[C@]1(CC2)C[C@H]2C(=O)N[C@]3(C(=O)N4CCS4(=O)=O)C[C@H]3/C=C\CCCCCC(/C=N/C(=O)OCC(C)C)C(=O)N2C1. The average molecular weight is 802 g/mol. The van der Waals surface area contributed by atoms with E-state index >= 15 is 0 Å². The number of allylic oxidation sites excluding steroid dienone is 1. The summed E-state index contributed by atoms with van der Waals surface area (Å²) < 4.78 is 79.8. The topological polar surface area (TPSA) is 165 Å². The smallest absolute Gasteiger partial charge is 0.433 e. The summed E-state index contributed by atoms with van der Waals surface area (Å²) in [4.78, 5) is 65.3. The van der Waals surface area contributed by atoms with Crippen LogP contribution in [0.25, 0.3) is 10.9 Å². The third kappa shape index (κ3) is 7.50. The molecule has 1 spiro atoms. The lowest BCUT2D eigenvalue weighted by molar-refractivity contribution is -0.142. The number of nitrogens with one attached hydrogen (secondary N) is 1. The summed E-state index contributed by atoms with van der Waals surface area (Å²) in [5.41, 5.74) is -2.98. The number of carbonyl (C=O) groups is 4. The van der Waals surface area contributed by atoms with E-state index in [9.17, 15) is 40.8 Å². The van der Waals surface area contributed by atoms with Crippen LogP contribution in [0.15, 0.2) is 35.3 Å². The fourth-order valence-electron chi connectivity index (χ4n) is 8.38. The number of fused-ring (bicyclic) bond motifs is 5. The van der Waals surface area contributed by atoms with Crippen LogP contribution in [-0.4, -0.2) is 95.3 Å². The highest BCUT2D eigenvalue weighted by Gasteiger charge is 2.65. The van der Waals surface area contributed by atoms with Crippen molar-refractivity contribution in [2.24, 2.45) is 22.7 Å². The van der Waals surface area contributed by atoms with Gasteiger partial charge in [-0.05, 0) is 57.4 Å². The largest absolute Gasteiger partial charge is 0.483 e. The van der Waals surface area contributed by atoms with Gasteiger partial charge in [0.05, 0.1) is 48.1 Å². The van der Waals surface area contributed by atoms with Crippen LogP contribution in [0, 0.1) is 24.7 Å². The number of halogens is 3. The molecule has 1 aromatic heterocycles. The molecule has 3 fully saturated rings. The van der Waals surface area contributed by atoms with Crippen molar-refractivity contribution in [2.45, 2.75) is 102 Å². The number of amides is 4. The van der Waals surface area contributed by atoms with Crippen molar-refractivity contribution in [2.75, 3.05) is 25.4 Å². The molecule has 7 rings (SSSR count). The number of aliphatic imine (C=N–C) groups is 1. The molecule has 13 nitrogen and oxygen atoms in total. The van der Waals surface area contributed by atoms with Crippen LogP contribution in [0.1, 0.15) is 82.0 Å². The molecule has 17 heteroatoms. The van der Waals surface area contributed by atoms with Crippen molar-refractivity contribution >= 4 is 51.0 Å². The summed E-state index contributed by atoms with van der Waals surface area (Å²) in [5.74, 6) is -3.10. The quantitative estimate of drug-likeness (QED) is 0.320. The van der Waals surface area contributed by atoms with Gasteiger partial charge in [-0.25, -0.2) is 22.5 Å². The Balaban J connectivity index is 1.25. The van der Waals surface area contributed by atoms with Crippen molar-refractivity contribution in [1.82, 2.24) is 19.5 Å². The number of pyridine rings is 1. The minimum atomic E-state index is -4.63. The Morgan fingerprint density at radius 1 is 1.18 bits per heavy atom. The number of aryl methyl sites for hydroxylation is 2. The van der Waals surface area contributed by atoms with Crippen LogP contribution in [0.3, 0.4) is 0 Å². The van der Waals surface area contributed by atoms with Crippen LogP contribution in [0.2, 0.25) is 0 Å². The number of hydrogen-bond acceptors (Lipinski definition) is 9. The normalized spacial score (nSPS) is 29.7. The molecule has 0 bridgehead atoms. The summed E-state index contributed by atoms with van der Waals surface area (Å²) in [7, 11) is -3.80. The van der Waals surface area contributed by atoms with E-state index < -0.39 is 74.6 Å². The molecule has 5 heterocycles. The van der Waals surface area contributed by atoms with Crippen molar-refractivity contribution in [3.05, 3.63) is 47.2 Å². The molecular formula is C39H46F3N5O8S. The maximum atomic E-state index is 14.6. The van der Waals surface area contributed by atoms with Crippen molar-refractivity contribution in [3.8, 4) is 5.75 Å². The van der Waals surface area contributed by atoms with E-state index in [1.807, 2.05) is 26.0 Å². The van der Waals surface area contributed by atoms with Crippen molar-refractivity contribution in [1.29, 1.82) is 0 Å². The van der Waals surface area contributed by atoms with E-state index in [1.165, 1.54) is 17.2 Å². The Morgan fingerprint density at radius 3 is 2.66 bits per heavy atom. The zero-order valence-corrected chi connectivity index (χ0v) is 32.4. The van der Waals surface area contributed by atoms with Gasteiger partial charge in [-0.2, -0.15) is 18.2 Å². The maximum absolute atomic E-state index is 14.6. The highest BCUT2D eigenvalue weighted by Crippen LogP contribution is 2.49. The number of alkyl halides is 3. The van der Waals surface area contributed by atoms with Gasteiger partial charge in [0.25, 0.3) is 5.91 Å². The van der Waals surface area contributed by atoms with Crippen LogP contribution in [0.5, 0.6) is 5.75 Å². The van der Waals surface area contributed by atoms with Crippen molar-refractivity contribution in [3.63, 3.8) is 0 Å². The lowest BCUT2D eigenvalue weighted by Gasteiger charge is -2.36. The molecule has 1 unspecified atom stereocenters. The first kappa shape index (κ1) is 39.7. The second kappa shape index (κ2) is 14.8. The summed E-state index contributed by atoms with van der Waals surface area (Å²) in [6.07, 6.45) is 3.29. The number of aromatic nitrogens is 1. The van der Waals surface area contributed by atoms with E-state index in [1.54, 1.807) is 13.0 Å². The van der Waals surface area contributed by atoms with E-state index in [4.69, 9.17) is 9.47 Å². The molecule has 4 amide bonds. The molecule has 302 valence electrons. The third-order valence-corrected chi connectivity index (χ3v) is 13.2. The molecule has 0 radical (unpaired) electrons. The second-order valence-corrected chi connectivity index (χ2v) is 18.1. The Hall–Kier alpha value is -4.54. The molecule has 5 atom stereocenters. The minimum absolute atomic E-state index is 0.00672. The number of ether oxygens (including phenoxy) is 2. The van der Waals surface area contributed by atoms with Gasteiger partial charge < -0.3 is 19.7 Å². The Kier molecular flexibility index (Phi) is 10.5. The van der Waals surface area contributed by atoms with Crippen LogP contribution < -0.4 is 10.1 Å². The molecule has 5 aliphatic rings. The molecule has 56 heavy (non-hydrogen) atoms. The highest BCUT2D eigenvalue weighted by molar-refractivity contribution is 7.90. The van der Waals surface area contributed by atoms with Gasteiger partial charge in [-0.1, -0.05) is 51.0 Å². The predicted octanol–water partition coefficient (Wildman–Crippen LogP) is 5.27. The Labute approximate surface area is 323 Å². The van der Waals surface area contributed by atoms with Gasteiger partial charge in [0.15, 0.2) is 0 Å². The number of benzene rings is 1. The zero-order chi connectivity index (χ0) is 40.2. The molecule has 1 aliphatic carbocycles. The molecule has 4 aliphatic heterocycles. The number of nitrogens with zero attached hydrogens (tertiary/aromatic N) is 4. The van der Waals surface area contributed by atoms with Crippen LogP contribution in [0.4, 0.5) is 18.0 Å². The second-order valence-electron chi connectivity index (χ2n) is 16.1. The standard InChI is InChI=1S/C39H46F3N5O8S/c1-23(2)21-54-36(51)43-20-25-10-7-5-4-6-8-11-26-18-38(26,35(50)47-16-17-56(47,52)53)45-33(48)30-19-37(22-46(30)34(25)49)15-14-28-27-12-9-13-29(39(40,41)42)31(27)44-24(3)32(28)55-37/h8-9,11-13,20,23,25-26,30H,4-7,10,14-19,21-22H2,1-3H3,(H,45,48)/b11-8-,43-20+/t25?,26-,30+,37-,38-/m1/s1. The molecule has 1 N–H and O–H groups in total. The van der Waals surface area contributed by atoms with E-state index in [2.05, 4.69) is 15.3 Å². The molecule has 2 saturated heterocycles. The first-order valence-corrected chi connectivity index (χ1v) is 20.8. The van der Waals surface area contributed by atoms with Gasteiger partial charge in [0.1, 0.15) is 22.9 Å². The van der Waals surface area contributed by atoms with Gasteiger partial charge in [-0.3, -0.25) is 14.4 Å². The van der Waals surface area contributed by atoms with E-state index in [0.29, 0.717) is 30.2 Å². The van der Waals surface area contributed by atoms with E-state index in [-0.39, 0.29) is 74.0 Å². The van der Waals surface area contributed by atoms with Gasteiger partial charge >= 0.3 is 12.3 Å². The van der Waals surface area contributed by atoms with Gasteiger partial charge in [-0.15, -0.1) is 0 Å². The number of carbonyl (C=O) groups excluding carboxylic acids is 4. The first-order valence-electron chi connectivity index (χ1n) is 19.2. The van der Waals surface area contributed by atoms with Crippen LogP contribution >= 0.6 is 0 Å².